The van der Waals surface area contributed by atoms with Crippen LogP contribution in [0.2, 0.25) is 0 Å². The fourth-order valence-corrected chi connectivity index (χ4v) is 2.56. The lowest BCUT2D eigenvalue weighted by molar-refractivity contribution is -0.154. The first-order valence-electron chi connectivity index (χ1n) is 9.10. The molecule has 2 aromatic heterocycles. The normalized spacial score (nSPS) is 13.6. The number of aromatic nitrogens is 3. The summed E-state index contributed by atoms with van der Waals surface area (Å²) in [4.78, 5) is 36.2. The summed E-state index contributed by atoms with van der Waals surface area (Å²) >= 11 is 0. The van der Waals surface area contributed by atoms with E-state index in [1.54, 1.807) is 0 Å². The summed E-state index contributed by atoms with van der Waals surface area (Å²) in [6.45, 7) is -1.46. The van der Waals surface area contributed by atoms with Crippen molar-refractivity contribution in [2.45, 2.75) is 32.0 Å². The number of methoxy groups -OCH3 is 1. The molecule has 0 aromatic carbocycles. The van der Waals surface area contributed by atoms with Gasteiger partial charge in [0.2, 0.25) is 0 Å². The van der Waals surface area contributed by atoms with Crippen molar-refractivity contribution in [1.82, 2.24) is 20.3 Å². The van der Waals surface area contributed by atoms with Crippen LogP contribution >= 0.6 is 0 Å². The number of nitrogens with zero attached hydrogens (tertiary/aromatic N) is 3. The molecule has 1 fully saturated rings. The molecule has 0 spiro atoms. The number of halogens is 3. The molecule has 8 nitrogen and oxygen atoms in total. The van der Waals surface area contributed by atoms with Crippen molar-refractivity contribution in [3.63, 3.8) is 0 Å². The largest absolute Gasteiger partial charge is 0.491 e. The number of Topliss-reactive ketones (excluding diaryl/α,β-unsaturated/α-hetero) is 1. The highest BCUT2D eigenvalue weighted by Crippen LogP contribution is 2.30. The summed E-state index contributed by atoms with van der Waals surface area (Å²) in [6, 6.07) is 2.84. The molecule has 3 rings (SSSR count). The third kappa shape index (κ3) is 6.13. The fraction of sp³-hybridized carbons (Fsp3) is 0.421. The number of pyridine rings is 1. The highest BCUT2D eigenvalue weighted by Gasteiger charge is 2.30. The second-order valence-electron chi connectivity index (χ2n) is 6.71. The smallest absolute Gasteiger partial charge is 0.422 e. The zero-order chi connectivity index (χ0) is 21.7. The average molecular weight is 424 g/mol. The second-order valence-corrected chi connectivity index (χ2v) is 6.71. The van der Waals surface area contributed by atoms with Gasteiger partial charge in [0.05, 0.1) is 13.5 Å². The van der Waals surface area contributed by atoms with E-state index in [1.807, 2.05) is 0 Å². The molecule has 1 aliphatic carbocycles. The molecule has 1 amide bonds. The molecular formula is C19H19F3N4O4. The topological polar surface area (TPSA) is 103 Å². The van der Waals surface area contributed by atoms with Crippen LogP contribution in [0.3, 0.4) is 0 Å². The first-order valence-corrected chi connectivity index (χ1v) is 9.10. The van der Waals surface area contributed by atoms with Crippen LogP contribution in [0.5, 0.6) is 11.6 Å². The third-order valence-corrected chi connectivity index (χ3v) is 4.22. The van der Waals surface area contributed by atoms with E-state index in [-0.39, 0.29) is 47.8 Å². The Morgan fingerprint density at radius 3 is 2.70 bits per heavy atom. The van der Waals surface area contributed by atoms with Gasteiger partial charge in [0.25, 0.3) is 11.8 Å². The minimum absolute atomic E-state index is 0.00825. The van der Waals surface area contributed by atoms with Crippen molar-refractivity contribution in [3.8, 4) is 11.6 Å². The lowest BCUT2D eigenvalue weighted by atomic mass is 10.2. The number of rotatable bonds is 9. The van der Waals surface area contributed by atoms with Gasteiger partial charge in [-0.25, -0.2) is 15.0 Å². The van der Waals surface area contributed by atoms with E-state index >= 15 is 0 Å². The van der Waals surface area contributed by atoms with Crippen molar-refractivity contribution >= 4 is 11.7 Å². The van der Waals surface area contributed by atoms with E-state index < -0.39 is 18.7 Å². The molecule has 1 saturated carbocycles. The molecule has 2 heterocycles. The lowest BCUT2D eigenvalue weighted by Gasteiger charge is -2.12. The number of hydrogen-bond acceptors (Lipinski definition) is 7. The molecule has 11 heteroatoms. The summed E-state index contributed by atoms with van der Waals surface area (Å²) in [5.41, 5.74) is 0.589. The van der Waals surface area contributed by atoms with Gasteiger partial charge in [0.1, 0.15) is 17.3 Å². The Morgan fingerprint density at radius 1 is 1.27 bits per heavy atom. The number of hydrogen-bond donors (Lipinski definition) is 1. The predicted octanol–water partition coefficient (Wildman–Crippen LogP) is 2.27. The van der Waals surface area contributed by atoms with Gasteiger partial charge in [-0.3, -0.25) is 9.59 Å². The molecule has 0 atom stereocenters. The highest BCUT2D eigenvalue weighted by atomic mass is 19.4. The quantitative estimate of drug-likeness (QED) is 0.659. The molecule has 1 N–H and O–H groups in total. The molecular weight excluding hydrogens is 405 g/mol. The van der Waals surface area contributed by atoms with Crippen molar-refractivity contribution in [1.29, 1.82) is 0 Å². The fourth-order valence-electron chi connectivity index (χ4n) is 2.56. The van der Waals surface area contributed by atoms with Gasteiger partial charge < -0.3 is 14.8 Å². The molecule has 0 aliphatic heterocycles. The molecule has 30 heavy (non-hydrogen) atoms. The number of carbonyl (C=O) groups is 2. The summed E-state index contributed by atoms with van der Waals surface area (Å²) in [7, 11) is 1.27. The molecule has 0 radical (unpaired) electrons. The Hall–Kier alpha value is -3.24. The lowest BCUT2D eigenvalue weighted by Crippen LogP contribution is -2.25. The van der Waals surface area contributed by atoms with E-state index in [9.17, 15) is 22.8 Å². The Labute approximate surface area is 169 Å². The Morgan fingerprint density at radius 2 is 2.03 bits per heavy atom. The number of ether oxygens (including phenoxy) is 2. The van der Waals surface area contributed by atoms with Gasteiger partial charge in [-0.1, -0.05) is 0 Å². The van der Waals surface area contributed by atoms with Crippen LogP contribution in [-0.2, 0) is 17.8 Å². The monoisotopic (exact) mass is 424 g/mol. The van der Waals surface area contributed by atoms with Gasteiger partial charge in [-0.05, 0) is 30.5 Å². The van der Waals surface area contributed by atoms with Crippen LogP contribution < -0.4 is 14.8 Å². The van der Waals surface area contributed by atoms with E-state index in [0.29, 0.717) is 5.56 Å². The summed E-state index contributed by atoms with van der Waals surface area (Å²) in [6.07, 6.45) is 0.0430. The standard InChI is InChI=1S/C19H19F3N4O4/c1-29-15-6-11(9-25-18(15)30-10-19(20,21)22)8-24-17(28)13-4-5-23-16(26-13)7-14(27)12-2-3-12/h4-6,9,12H,2-3,7-8,10H2,1H3,(H,24,28). The van der Waals surface area contributed by atoms with Gasteiger partial charge >= 0.3 is 6.18 Å². The molecule has 0 saturated heterocycles. The van der Waals surface area contributed by atoms with Crippen LogP contribution in [0.4, 0.5) is 13.2 Å². The maximum Gasteiger partial charge on any atom is 0.422 e. The Bertz CT molecular complexity index is 932. The second kappa shape index (κ2) is 9.06. The zero-order valence-corrected chi connectivity index (χ0v) is 16.0. The Balaban J connectivity index is 1.59. The molecule has 160 valence electrons. The van der Waals surface area contributed by atoms with E-state index in [2.05, 4.69) is 25.0 Å². The van der Waals surface area contributed by atoms with Crippen LogP contribution in [-0.4, -0.2) is 46.5 Å². The zero-order valence-electron chi connectivity index (χ0n) is 16.0. The number of alkyl halides is 3. The van der Waals surface area contributed by atoms with Gasteiger partial charge in [-0.2, -0.15) is 13.2 Å². The first-order chi connectivity index (χ1) is 14.2. The van der Waals surface area contributed by atoms with Crippen LogP contribution in [0.25, 0.3) is 0 Å². The van der Waals surface area contributed by atoms with Crippen molar-refractivity contribution < 1.29 is 32.2 Å². The molecule has 1 aliphatic rings. The maximum atomic E-state index is 12.3. The third-order valence-electron chi connectivity index (χ3n) is 4.22. The first kappa shape index (κ1) is 21.5. The van der Waals surface area contributed by atoms with Crippen LogP contribution in [0.1, 0.15) is 34.7 Å². The van der Waals surface area contributed by atoms with E-state index in [0.717, 1.165) is 12.8 Å². The van der Waals surface area contributed by atoms with Crippen LogP contribution in [0.15, 0.2) is 24.5 Å². The number of ketones is 1. The maximum absolute atomic E-state index is 12.3. The minimum Gasteiger partial charge on any atom is -0.491 e. The minimum atomic E-state index is -4.50. The van der Waals surface area contributed by atoms with Gasteiger partial charge in [0.15, 0.2) is 12.4 Å². The number of amides is 1. The van der Waals surface area contributed by atoms with E-state index in [1.165, 1.54) is 31.6 Å². The van der Waals surface area contributed by atoms with Crippen molar-refractivity contribution in [2.24, 2.45) is 5.92 Å². The molecule has 0 unspecified atom stereocenters. The summed E-state index contributed by atoms with van der Waals surface area (Å²) in [5, 5.41) is 2.63. The molecule has 0 bridgehead atoms. The average Bonchev–Trinajstić information content (AvgIpc) is 3.55. The van der Waals surface area contributed by atoms with Gasteiger partial charge in [-0.15, -0.1) is 0 Å². The number of carbonyl (C=O) groups excluding carboxylic acids is 2. The summed E-state index contributed by atoms with van der Waals surface area (Å²) in [5.74, 6) is -0.349. The molecule has 2 aromatic rings. The predicted molar refractivity (Wildman–Crippen MR) is 97.0 cm³/mol. The van der Waals surface area contributed by atoms with Crippen LogP contribution in [0, 0.1) is 5.92 Å². The van der Waals surface area contributed by atoms with Crippen molar-refractivity contribution in [3.05, 3.63) is 41.6 Å². The summed E-state index contributed by atoms with van der Waals surface area (Å²) < 4.78 is 46.5. The highest BCUT2D eigenvalue weighted by molar-refractivity contribution is 5.92. The van der Waals surface area contributed by atoms with Crippen molar-refractivity contribution in [2.75, 3.05) is 13.7 Å². The van der Waals surface area contributed by atoms with Gasteiger partial charge in [0, 0.05) is 24.9 Å². The SMILES string of the molecule is COc1cc(CNC(=O)c2ccnc(CC(=O)C3CC3)n2)cnc1OCC(F)(F)F. The number of nitrogens with one attached hydrogen (secondary N) is 1. The Kier molecular flexibility index (Phi) is 6.48. The van der Waals surface area contributed by atoms with E-state index in [4.69, 9.17) is 4.74 Å².